The molecule has 7 heteroatoms. The number of carbonyl (C=O) groups excluding carboxylic acids is 2. The van der Waals surface area contributed by atoms with E-state index in [1.807, 2.05) is 30.3 Å². The maximum atomic E-state index is 12.7. The van der Waals surface area contributed by atoms with Crippen molar-refractivity contribution < 1.29 is 9.59 Å². The lowest BCUT2D eigenvalue weighted by Crippen LogP contribution is -2.49. The Labute approximate surface area is 194 Å². The molecule has 5 rings (SSSR count). The molecule has 7 nitrogen and oxygen atoms in total. The first kappa shape index (κ1) is 21.5. The molecule has 1 atom stereocenters. The average molecular weight is 446 g/mol. The molecule has 0 saturated carbocycles. The van der Waals surface area contributed by atoms with Gasteiger partial charge in [-0.1, -0.05) is 0 Å². The molecule has 3 aliphatic rings. The second-order valence-corrected chi connectivity index (χ2v) is 9.06. The zero-order chi connectivity index (χ0) is 22.8. The maximum Gasteiger partial charge on any atom is 0.260 e. The number of rotatable bonds is 4. The van der Waals surface area contributed by atoms with Crippen LogP contribution in [0.4, 0.5) is 17.1 Å². The van der Waals surface area contributed by atoms with Crippen molar-refractivity contribution in [3.63, 3.8) is 0 Å². The molecule has 2 aromatic rings. The van der Waals surface area contributed by atoms with Crippen LogP contribution in [-0.2, 0) is 4.79 Å². The first-order valence-electron chi connectivity index (χ1n) is 11.9. The molecule has 0 bridgehead atoms. The summed E-state index contributed by atoms with van der Waals surface area (Å²) in [5.74, 6) is -0.714. The van der Waals surface area contributed by atoms with E-state index in [-0.39, 0.29) is 11.8 Å². The van der Waals surface area contributed by atoms with Gasteiger partial charge in [-0.2, -0.15) is 0 Å². The highest BCUT2D eigenvalue weighted by Crippen LogP contribution is 2.30. The van der Waals surface area contributed by atoms with E-state index in [1.165, 1.54) is 24.9 Å². The van der Waals surface area contributed by atoms with Crippen LogP contribution >= 0.6 is 0 Å². The molecule has 2 aromatic carbocycles. The second kappa shape index (κ2) is 9.27. The molecular weight excluding hydrogens is 414 g/mol. The summed E-state index contributed by atoms with van der Waals surface area (Å²) >= 11 is 0. The normalized spacial score (nSPS) is 22.2. The molecule has 2 amide bonds. The first-order chi connectivity index (χ1) is 16.1. The van der Waals surface area contributed by atoms with Gasteiger partial charge in [0.05, 0.1) is 5.57 Å². The van der Waals surface area contributed by atoms with Gasteiger partial charge in [0.2, 0.25) is 0 Å². The van der Waals surface area contributed by atoms with Crippen molar-refractivity contribution in [1.82, 2.24) is 10.6 Å². The molecule has 3 aliphatic heterocycles. The lowest BCUT2D eigenvalue weighted by molar-refractivity contribution is -0.114. The number of imide groups is 1. The Hall–Kier alpha value is -3.32. The number of carbonyl (C=O) groups is 2. The van der Waals surface area contributed by atoms with Crippen molar-refractivity contribution in [1.29, 1.82) is 0 Å². The molecule has 0 aliphatic carbocycles. The Morgan fingerprint density at radius 3 is 2.42 bits per heavy atom. The Kier molecular flexibility index (Phi) is 6.05. The van der Waals surface area contributed by atoms with Gasteiger partial charge in [0.1, 0.15) is 0 Å². The second-order valence-electron chi connectivity index (χ2n) is 9.06. The Balaban J connectivity index is 1.38. The smallest absolute Gasteiger partial charge is 0.260 e. The number of piperidine rings is 1. The molecule has 3 N–H and O–H groups in total. The number of nitrogens with one attached hydrogen (secondary N) is 3. The molecule has 3 heterocycles. The number of amides is 2. The molecule has 2 saturated heterocycles. The third-order valence-corrected chi connectivity index (χ3v) is 6.81. The first-order valence-corrected chi connectivity index (χ1v) is 11.9. The molecule has 172 valence electrons. The number of benzene rings is 2. The van der Waals surface area contributed by atoms with Gasteiger partial charge < -0.3 is 20.4 Å². The van der Waals surface area contributed by atoms with E-state index in [0.717, 1.165) is 44.1 Å². The SMILES string of the molecule is CC1CNCCN1c1ccc(N/C=C2\C(=O)NC(=O)c3ccc(N4CCCCC4)cc32)cc1. The van der Waals surface area contributed by atoms with E-state index in [0.29, 0.717) is 22.7 Å². The number of anilines is 3. The predicted octanol–water partition coefficient (Wildman–Crippen LogP) is 3.20. The van der Waals surface area contributed by atoms with Crippen LogP contribution in [0.2, 0.25) is 0 Å². The number of hydrogen-bond acceptors (Lipinski definition) is 6. The predicted molar refractivity (Wildman–Crippen MR) is 133 cm³/mol. The van der Waals surface area contributed by atoms with Crippen molar-refractivity contribution in [3.05, 3.63) is 59.8 Å². The van der Waals surface area contributed by atoms with Gasteiger partial charge in [0.15, 0.2) is 0 Å². The monoisotopic (exact) mass is 445 g/mol. The standard InChI is InChI=1S/C26H31N5O2/c1-18-16-27-11-14-31(18)20-7-5-19(6-8-20)28-17-24-23-15-21(30-12-3-2-4-13-30)9-10-22(23)25(32)29-26(24)33/h5-10,15,17-18,27-28H,2-4,11-14,16H2,1H3,(H,29,32,33)/b24-17-. The summed E-state index contributed by atoms with van der Waals surface area (Å²) < 4.78 is 0. The van der Waals surface area contributed by atoms with Gasteiger partial charge in [-0.15, -0.1) is 0 Å². The fraction of sp³-hybridized carbons (Fsp3) is 0.385. The Morgan fingerprint density at radius 2 is 1.67 bits per heavy atom. The molecule has 1 unspecified atom stereocenters. The Bertz CT molecular complexity index is 1070. The fourth-order valence-electron chi connectivity index (χ4n) is 4.93. The molecule has 2 fully saturated rings. The minimum absolute atomic E-state index is 0.341. The number of hydrogen-bond donors (Lipinski definition) is 3. The average Bonchev–Trinajstić information content (AvgIpc) is 2.85. The summed E-state index contributed by atoms with van der Waals surface area (Å²) in [5, 5.41) is 9.14. The van der Waals surface area contributed by atoms with Gasteiger partial charge >= 0.3 is 0 Å². The highest BCUT2D eigenvalue weighted by molar-refractivity contribution is 6.31. The number of nitrogens with zero attached hydrogens (tertiary/aromatic N) is 2. The highest BCUT2D eigenvalue weighted by atomic mass is 16.2. The van der Waals surface area contributed by atoms with Crippen molar-refractivity contribution >= 4 is 34.4 Å². The van der Waals surface area contributed by atoms with Gasteiger partial charge in [-0.25, -0.2) is 0 Å². The third-order valence-electron chi connectivity index (χ3n) is 6.81. The van der Waals surface area contributed by atoms with E-state index in [1.54, 1.807) is 6.20 Å². The van der Waals surface area contributed by atoms with Crippen LogP contribution in [-0.4, -0.2) is 50.6 Å². The molecule has 0 aromatic heterocycles. The van der Waals surface area contributed by atoms with Crippen LogP contribution in [0.3, 0.4) is 0 Å². The minimum atomic E-state index is -0.373. The quantitative estimate of drug-likeness (QED) is 0.496. The van der Waals surface area contributed by atoms with Gasteiger partial charge in [-0.3, -0.25) is 14.9 Å². The lowest BCUT2D eigenvalue weighted by Gasteiger charge is -2.36. The fourth-order valence-corrected chi connectivity index (χ4v) is 4.93. The molecule has 0 radical (unpaired) electrons. The highest BCUT2D eigenvalue weighted by Gasteiger charge is 2.28. The van der Waals surface area contributed by atoms with Crippen molar-refractivity contribution in [2.24, 2.45) is 0 Å². The summed E-state index contributed by atoms with van der Waals surface area (Å²) in [5.41, 5.74) is 4.85. The van der Waals surface area contributed by atoms with Crippen molar-refractivity contribution in [3.8, 4) is 0 Å². The van der Waals surface area contributed by atoms with Crippen LogP contribution in [0.1, 0.15) is 42.1 Å². The number of piperazine rings is 1. The van der Waals surface area contributed by atoms with Crippen molar-refractivity contribution in [2.75, 3.05) is 47.8 Å². The summed E-state index contributed by atoms with van der Waals surface area (Å²) in [4.78, 5) is 29.9. The van der Waals surface area contributed by atoms with Crippen LogP contribution in [0.25, 0.3) is 5.57 Å². The Morgan fingerprint density at radius 1 is 0.909 bits per heavy atom. The molecule has 33 heavy (non-hydrogen) atoms. The molecule has 0 spiro atoms. The minimum Gasteiger partial charge on any atom is -0.372 e. The van der Waals surface area contributed by atoms with Gasteiger partial charge in [-0.05, 0) is 68.7 Å². The van der Waals surface area contributed by atoms with Crippen LogP contribution in [0.5, 0.6) is 0 Å². The van der Waals surface area contributed by atoms with E-state index >= 15 is 0 Å². The van der Waals surface area contributed by atoms with E-state index in [4.69, 9.17) is 0 Å². The third kappa shape index (κ3) is 4.46. The zero-order valence-electron chi connectivity index (χ0n) is 19.1. The van der Waals surface area contributed by atoms with Crippen LogP contribution in [0.15, 0.2) is 48.7 Å². The van der Waals surface area contributed by atoms with E-state index < -0.39 is 0 Å². The van der Waals surface area contributed by atoms with E-state index in [9.17, 15) is 9.59 Å². The van der Waals surface area contributed by atoms with Crippen LogP contribution < -0.4 is 25.8 Å². The van der Waals surface area contributed by atoms with Crippen LogP contribution in [0, 0.1) is 0 Å². The zero-order valence-corrected chi connectivity index (χ0v) is 19.1. The summed E-state index contributed by atoms with van der Waals surface area (Å²) in [6.07, 6.45) is 5.31. The summed E-state index contributed by atoms with van der Waals surface area (Å²) in [6, 6.07) is 14.5. The largest absolute Gasteiger partial charge is 0.372 e. The summed E-state index contributed by atoms with van der Waals surface area (Å²) in [7, 11) is 0. The van der Waals surface area contributed by atoms with Crippen molar-refractivity contribution in [2.45, 2.75) is 32.2 Å². The lowest BCUT2D eigenvalue weighted by atomic mass is 9.94. The van der Waals surface area contributed by atoms with Gasteiger partial charge in [0.25, 0.3) is 11.8 Å². The van der Waals surface area contributed by atoms with Gasteiger partial charge in [0, 0.05) is 73.2 Å². The maximum absolute atomic E-state index is 12.7. The summed E-state index contributed by atoms with van der Waals surface area (Å²) in [6.45, 7) is 7.20. The molecular formula is C26H31N5O2. The number of fused-ring (bicyclic) bond motifs is 1. The topological polar surface area (TPSA) is 76.7 Å². The van der Waals surface area contributed by atoms with E-state index in [2.05, 4.69) is 44.8 Å².